The lowest BCUT2D eigenvalue weighted by molar-refractivity contribution is -0.203. The molecule has 0 bridgehead atoms. The van der Waals surface area contributed by atoms with Crippen molar-refractivity contribution in [2.75, 3.05) is 6.61 Å². The third kappa shape index (κ3) is 8.52. The van der Waals surface area contributed by atoms with E-state index >= 15 is 0 Å². The highest BCUT2D eigenvalue weighted by Gasteiger charge is 2.28. The van der Waals surface area contributed by atoms with Gasteiger partial charge in [0.05, 0.1) is 0 Å². The standard InChI is InChI=1S/C14H24O4.C6H13N/c15-14(16)12(10-11-6-2-1-3-7-11)18-13-8-4-5-9-17-13;7-6-4-2-1-3-5-6/h11-13H,1-10H2,(H,15,16);6H,1-5,7H2. The quantitative estimate of drug-likeness (QED) is 0.771. The van der Waals surface area contributed by atoms with Crippen molar-refractivity contribution in [1.82, 2.24) is 0 Å². The Hall–Kier alpha value is -0.650. The van der Waals surface area contributed by atoms with Gasteiger partial charge in [-0.2, -0.15) is 0 Å². The van der Waals surface area contributed by atoms with Gasteiger partial charge in [0.15, 0.2) is 12.4 Å². The highest BCUT2D eigenvalue weighted by atomic mass is 16.7. The zero-order valence-corrected chi connectivity index (χ0v) is 15.7. The molecule has 0 aromatic rings. The van der Waals surface area contributed by atoms with E-state index in [1.807, 2.05) is 0 Å². The highest BCUT2D eigenvalue weighted by Crippen LogP contribution is 2.29. The molecule has 5 nitrogen and oxygen atoms in total. The number of carbonyl (C=O) groups is 1. The molecule has 3 N–H and O–H groups in total. The fraction of sp³-hybridized carbons (Fsp3) is 0.950. The molecule has 0 aromatic carbocycles. The second-order valence-corrected chi connectivity index (χ2v) is 7.90. The molecule has 2 saturated carbocycles. The first-order valence-corrected chi connectivity index (χ1v) is 10.4. The molecule has 0 spiro atoms. The molecule has 2 atom stereocenters. The smallest absolute Gasteiger partial charge is 0.332 e. The molecular formula is C20H37NO4. The van der Waals surface area contributed by atoms with Gasteiger partial charge in [0.2, 0.25) is 0 Å². The van der Waals surface area contributed by atoms with Crippen LogP contribution in [0.25, 0.3) is 0 Å². The molecule has 1 saturated heterocycles. The van der Waals surface area contributed by atoms with Crippen LogP contribution in [0, 0.1) is 5.92 Å². The van der Waals surface area contributed by atoms with Gasteiger partial charge in [-0.1, -0.05) is 51.4 Å². The molecule has 146 valence electrons. The SMILES string of the molecule is NC1CCCCC1.O=C(O)C(CC1CCCCC1)OC1CCCCO1. The Kier molecular flexibility index (Phi) is 9.81. The van der Waals surface area contributed by atoms with Gasteiger partial charge in [0.1, 0.15) is 0 Å². The number of carboxylic acids is 1. The fourth-order valence-corrected chi connectivity index (χ4v) is 4.08. The molecule has 3 fully saturated rings. The molecule has 0 amide bonds. The van der Waals surface area contributed by atoms with Crippen LogP contribution in [0.4, 0.5) is 0 Å². The van der Waals surface area contributed by atoms with Gasteiger partial charge < -0.3 is 20.3 Å². The van der Waals surface area contributed by atoms with Gasteiger partial charge >= 0.3 is 5.97 Å². The van der Waals surface area contributed by atoms with Crippen LogP contribution in [0.3, 0.4) is 0 Å². The van der Waals surface area contributed by atoms with Crippen molar-refractivity contribution in [2.24, 2.45) is 11.7 Å². The fourth-order valence-electron chi connectivity index (χ4n) is 4.08. The number of aliphatic carboxylic acids is 1. The van der Waals surface area contributed by atoms with Gasteiger partial charge in [-0.05, 0) is 44.4 Å². The molecule has 3 rings (SSSR count). The zero-order chi connectivity index (χ0) is 17.9. The van der Waals surface area contributed by atoms with Gasteiger partial charge in [-0.25, -0.2) is 4.79 Å². The van der Waals surface area contributed by atoms with E-state index in [0.29, 0.717) is 25.0 Å². The summed E-state index contributed by atoms with van der Waals surface area (Å²) in [5.41, 5.74) is 5.63. The van der Waals surface area contributed by atoms with Crippen molar-refractivity contribution >= 4 is 5.97 Å². The molecule has 2 unspecified atom stereocenters. The average molecular weight is 356 g/mol. The topological polar surface area (TPSA) is 81.8 Å². The lowest BCUT2D eigenvalue weighted by Gasteiger charge is -2.29. The van der Waals surface area contributed by atoms with E-state index in [2.05, 4.69) is 0 Å². The van der Waals surface area contributed by atoms with Crippen LogP contribution in [0.1, 0.15) is 89.9 Å². The molecule has 0 radical (unpaired) electrons. The largest absolute Gasteiger partial charge is 0.479 e. The van der Waals surface area contributed by atoms with E-state index in [1.165, 1.54) is 51.4 Å². The third-order valence-electron chi connectivity index (χ3n) is 5.65. The van der Waals surface area contributed by atoms with Crippen molar-refractivity contribution in [3.63, 3.8) is 0 Å². The van der Waals surface area contributed by atoms with Crippen molar-refractivity contribution in [1.29, 1.82) is 0 Å². The lowest BCUT2D eigenvalue weighted by Crippen LogP contribution is -2.34. The number of hydrogen-bond acceptors (Lipinski definition) is 4. The third-order valence-corrected chi connectivity index (χ3v) is 5.65. The van der Waals surface area contributed by atoms with Crippen molar-refractivity contribution in [3.05, 3.63) is 0 Å². The molecule has 25 heavy (non-hydrogen) atoms. The second-order valence-electron chi connectivity index (χ2n) is 7.90. The normalized spacial score (nSPS) is 27.2. The predicted molar refractivity (Wildman–Crippen MR) is 98.4 cm³/mol. The lowest BCUT2D eigenvalue weighted by atomic mass is 9.85. The van der Waals surface area contributed by atoms with Crippen LogP contribution in [0.5, 0.6) is 0 Å². The van der Waals surface area contributed by atoms with E-state index in [1.54, 1.807) is 0 Å². The van der Waals surface area contributed by atoms with Crippen LogP contribution in [-0.2, 0) is 14.3 Å². The summed E-state index contributed by atoms with van der Waals surface area (Å²) in [5.74, 6) is -0.321. The van der Waals surface area contributed by atoms with Crippen LogP contribution in [0.2, 0.25) is 0 Å². The first kappa shape index (κ1) is 20.7. The average Bonchev–Trinajstić information content (AvgIpc) is 2.64. The molecule has 5 heteroatoms. The Morgan fingerprint density at radius 1 is 0.960 bits per heavy atom. The number of carboxylic acid groups (broad SMARTS) is 1. The summed E-state index contributed by atoms with van der Waals surface area (Å²) in [6, 6.07) is 0.536. The summed E-state index contributed by atoms with van der Waals surface area (Å²) in [6.07, 6.45) is 15.3. The molecule has 2 aliphatic carbocycles. The van der Waals surface area contributed by atoms with E-state index in [0.717, 1.165) is 32.1 Å². The maximum atomic E-state index is 11.3. The maximum absolute atomic E-state index is 11.3. The number of nitrogens with two attached hydrogens (primary N) is 1. The predicted octanol–water partition coefficient (Wildman–Crippen LogP) is 4.23. The minimum Gasteiger partial charge on any atom is -0.479 e. The Balaban J connectivity index is 0.000000269. The van der Waals surface area contributed by atoms with E-state index in [9.17, 15) is 9.90 Å². The van der Waals surface area contributed by atoms with Gasteiger partial charge in [0, 0.05) is 12.6 Å². The summed E-state index contributed by atoms with van der Waals surface area (Å²) >= 11 is 0. The van der Waals surface area contributed by atoms with E-state index in [4.69, 9.17) is 15.2 Å². The number of hydrogen-bond donors (Lipinski definition) is 2. The summed E-state index contributed by atoms with van der Waals surface area (Å²) in [6.45, 7) is 0.695. The Morgan fingerprint density at radius 2 is 1.56 bits per heavy atom. The van der Waals surface area contributed by atoms with Crippen molar-refractivity contribution < 1.29 is 19.4 Å². The second kappa shape index (κ2) is 11.9. The summed E-state index contributed by atoms with van der Waals surface area (Å²) in [7, 11) is 0. The molecule has 0 aromatic heterocycles. The monoisotopic (exact) mass is 355 g/mol. The number of rotatable bonds is 5. The van der Waals surface area contributed by atoms with E-state index in [-0.39, 0.29) is 6.29 Å². The summed E-state index contributed by atoms with van der Waals surface area (Å²) in [4.78, 5) is 11.3. The van der Waals surface area contributed by atoms with Crippen LogP contribution in [-0.4, -0.2) is 36.1 Å². The van der Waals surface area contributed by atoms with Crippen LogP contribution >= 0.6 is 0 Å². The van der Waals surface area contributed by atoms with E-state index < -0.39 is 12.1 Å². The Labute approximate surface area is 152 Å². The van der Waals surface area contributed by atoms with Crippen LogP contribution in [0.15, 0.2) is 0 Å². The summed E-state index contributed by atoms with van der Waals surface area (Å²) < 4.78 is 11.1. The van der Waals surface area contributed by atoms with Gasteiger partial charge in [-0.15, -0.1) is 0 Å². The number of ether oxygens (including phenoxy) is 2. The summed E-state index contributed by atoms with van der Waals surface area (Å²) in [5, 5.41) is 9.25. The molecule has 1 heterocycles. The van der Waals surface area contributed by atoms with Crippen molar-refractivity contribution in [3.8, 4) is 0 Å². The zero-order valence-electron chi connectivity index (χ0n) is 15.7. The molecule has 3 aliphatic rings. The first-order chi connectivity index (χ1) is 12.1. The Morgan fingerprint density at radius 3 is 2.04 bits per heavy atom. The first-order valence-electron chi connectivity index (χ1n) is 10.4. The molecular weight excluding hydrogens is 318 g/mol. The van der Waals surface area contributed by atoms with Gasteiger partial charge in [-0.3, -0.25) is 0 Å². The minimum absolute atomic E-state index is 0.302. The molecule has 1 aliphatic heterocycles. The Bertz CT molecular complexity index is 339. The van der Waals surface area contributed by atoms with Gasteiger partial charge in [0.25, 0.3) is 0 Å². The van der Waals surface area contributed by atoms with Crippen LogP contribution < -0.4 is 5.73 Å². The minimum atomic E-state index is -0.838. The highest BCUT2D eigenvalue weighted by molar-refractivity contribution is 5.72. The van der Waals surface area contributed by atoms with Crippen molar-refractivity contribution in [2.45, 2.75) is 108 Å². The maximum Gasteiger partial charge on any atom is 0.332 e.